The average Bonchev–Trinajstić information content (AvgIpc) is 2.73. The summed E-state index contributed by atoms with van der Waals surface area (Å²) < 4.78 is 0. The standard InChI is InChI=1S/C15H18S/c1-4-12-10-16-15(11(2)3)14(12)13-8-6-5-7-9-13/h5-11H,4H2,1-3H3. The van der Waals surface area contributed by atoms with E-state index in [2.05, 4.69) is 56.5 Å². The van der Waals surface area contributed by atoms with Crippen molar-refractivity contribution in [3.63, 3.8) is 0 Å². The smallest absolute Gasteiger partial charge is 0.0152 e. The third-order valence-corrected chi connectivity index (χ3v) is 4.20. The van der Waals surface area contributed by atoms with Crippen LogP contribution in [-0.2, 0) is 6.42 Å². The van der Waals surface area contributed by atoms with Gasteiger partial charge in [-0.25, -0.2) is 0 Å². The van der Waals surface area contributed by atoms with Crippen molar-refractivity contribution in [3.05, 3.63) is 46.2 Å². The van der Waals surface area contributed by atoms with Crippen LogP contribution in [0.4, 0.5) is 0 Å². The molecule has 1 heteroatoms. The summed E-state index contributed by atoms with van der Waals surface area (Å²) in [5.74, 6) is 0.612. The van der Waals surface area contributed by atoms with E-state index in [9.17, 15) is 0 Å². The van der Waals surface area contributed by atoms with Crippen molar-refractivity contribution >= 4 is 11.3 Å². The van der Waals surface area contributed by atoms with Gasteiger partial charge >= 0.3 is 0 Å². The predicted molar refractivity (Wildman–Crippen MR) is 73.2 cm³/mol. The summed E-state index contributed by atoms with van der Waals surface area (Å²) in [5, 5.41) is 2.32. The molecule has 16 heavy (non-hydrogen) atoms. The minimum atomic E-state index is 0.612. The summed E-state index contributed by atoms with van der Waals surface area (Å²) in [6.45, 7) is 6.79. The highest BCUT2D eigenvalue weighted by Crippen LogP contribution is 2.37. The van der Waals surface area contributed by atoms with Gasteiger partial charge in [-0.3, -0.25) is 0 Å². The number of hydrogen-bond donors (Lipinski definition) is 0. The maximum absolute atomic E-state index is 2.32. The van der Waals surface area contributed by atoms with Crippen LogP contribution in [-0.4, -0.2) is 0 Å². The maximum Gasteiger partial charge on any atom is 0.0152 e. The summed E-state index contributed by atoms with van der Waals surface area (Å²) in [6, 6.07) is 10.8. The molecule has 0 saturated heterocycles. The largest absolute Gasteiger partial charge is 0.148 e. The second-order valence-electron chi connectivity index (χ2n) is 4.37. The van der Waals surface area contributed by atoms with Crippen LogP contribution in [0, 0.1) is 0 Å². The van der Waals surface area contributed by atoms with E-state index in [-0.39, 0.29) is 0 Å². The van der Waals surface area contributed by atoms with Crippen molar-refractivity contribution in [2.75, 3.05) is 0 Å². The number of rotatable bonds is 3. The van der Waals surface area contributed by atoms with Gasteiger partial charge in [-0.2, -0.15) is 0 Å². The van der Waals surface area contributed by atoms with Crippen molar-refractivity contribution in [1.29, 1.82) is 0 Å². The van der Waals surface area contributed by atoms with E-state index in [1.54, 1.807) is 0 Å². The first-order chi connectivity index (χ1) is 7.74. The number of aryl methyl sites for hydroxylation is 1. The van der Waals surface area contributed by atoms with Gasteiger partial charge in [0.2, 0.25) is 0 Å². The Morgan fingerprint density at radius 3 is 2.38 bits per heavy atom. The molecule has 0 aliphatic heterocycles. The lowest BCUT2D eigenvalue weighted by Crippen LogP contribution is -1.89. The summed E-state index contributed by atoms with van der Waals surface area (Å²) in [4.78, 5) is 1.52. The van der Waals surface area contributed by atoms with Crippen molar-refractivity contribution in [2.45, 2.75) is 33.1 Å². The highest BCUT2D eigenvalue weighted by atomic mass is 32.1. The topological polar surface area (TPSA) is 0 Å². The molecular weight excluding hydrogens is 212 g/mol. The Balaban J connectivity index is 2.57. The molecule has 0 saturated carbocycles. The molecule has 0 aliphatic rings. The molecule has 0 fully saturated rings. The predicted octanol–water partition coefficient (Wildman–Crippen LogP) is 5.10. The minimum Gasteiger partial charge on any atom is -0.148 e. The summed E-state index contributed by atoms with van der Waals surface area (Å²) in [5.41, 5.74) is 4.33. The third-order valence-electron chi connectivity index (χ3n) is 2.86. The Hall–Kier alpha value is -1.08. The number of thiophene rings is 1. The molecule has 0 amide bonds. The van der Waals surface area contributed by atoms with Gasteiger partial charge in [0.15, 0.2) is 0 Å². The molecule has 1 aromatic heterocycles. The molecule has 0 bridgehead atoms. The monoisotopic (exact) mass is 230 g/mol. The molecule has 0 spiro atoms. The van der Waals surface area contributed by atoms with Crippen LogP contribution in [0.2, 0.25) is 0 Å². The number of benzene rings is 1. The van der Waals surface area contributed by atoms with E-state index in [0.29, 0.717) is 5.92 Å². The fourth-order valence-corrected chi connectivity index (χ4v) is 3.22. The third kappa shape index (κ3) is 2.05. The first-order valence-electron chi connectivity index (χ1n) is 5.89. The molecule has 1 aromatic carbocycles. The molecule has 2 rings (SSSR count). The Morgan fingerprint density at radius 1 is 1.12 bits per heavy atom. The Morgan fingerprint density at radius 2 is 1.81 bits per heavy atom. The zero-order valence-corrected chi connectivity index (χ0v) is 11.0. The zero-order valence-electron chi connectivity index (χ0n) is 10.2. The number of hydrogen-bond acceptors (Lipinski definition) is 1. The van der Waals surface area contributed by atoms with Gasteiger partial charge in [-0.15, -0.1) is 11.3 Å². The fourth-order valence-electron chi connectivity index (χ4n) is 2.03. The second kappa shape index (κ2) is 4.84. The SMILES string of the molecule is CCc1csc(C(C)C)c1-c1ccccc1. The van der Waals surface area contributed by atoms with Crippen LogP contribution in [0.5, 0.6) is 0 Å². The van der Waals surface area contributed by atoms with Crippen molar-refractivity contribution in [1.82, 2.24) is 0 Å². The molecular formula is C15H18S. The maximum atomic E-state index is 2.32. The van der Waals surface area contributed by atoms with Gasteiger partial charge in [0.05, 0.1) is 0 Å². The first-order valence-corrected chi connectivity index (χ1v) is 6.77. The highest BCUT2D eigenvalue weighted by Gasteiger charge is 2.14. The second-order valence-corrected chi connectivity index (χ2v) is 5.29. The van der Waals surface area contributed by atoms with E-state index in [0.717, 1.165) is 6.42 Å². The van der Waals surface area contributed by atoms with Crippen LogP contribution in [0.1, 0.15) is 37.1 Å². The lowest BCUT2D eigenvalue weighted by molar-refractivity contribution is 0.889. The fraction of sp³-hybridized carbons (Fsp3) is 0.333. The minimum absolute atomic E-state index is 0.612. The summed E-state index contributed by atoms with van der Waals surface area (Å²) in [7, 11) is 0. The normalized spacial score (nSPS) is 11.0. The Labute approximate surface area is 102 Å². The van der Waals surface area contributed by atoms with Gasteiger partial charge in [0.1, 0.15) is 0 Å². The van der Waals surface area contributed by atoms with E-state index in [1.165, 1.54) is 21.6 Å². The van der Waals surface area contributed by atoms with Gasteiger partial charge in [-0.1, -0.05) is 51.1 Å². The van der Waals surface area contributed by atoms with Crippen LogP contribution in [0.25, 0.3) is 11.1 Å². The van der Waals surface area contributed by atoms with Crippen LogP contribution < -0.4 is 0 Å². The van der Waals surface area contributed by atoms with E-state index < -0.39 is 0 Å². The first kappa shape index (κ1) is 11.4. The average molecular weight is 230 g/mol. The quantitative estimate of drug-likeness (QED) is 0.688. The lowest BCUT2D eigenvalue weighted by atomic mass is 9.96. The highest BCUT2D eigenvalue weighted by molar-refractivity contribution is 7.10. The van der Waals surface area contributed by atoms with Gasteiger partial charge in [0.25, 0.3) is 0 Å². The summed E-state index contributed by atoms with van der Waals surface area (Å²) in [6.07, 6.45) is 1.12. The molecule has 1 heterocycles. The Bertz CT molecular complexity index is 452. The van der Waals surface area contributed by atoms with Crippen molar-refractivity contribution in [2.24, 2.45) is 0 Å². The molecule has 0 nitrogen and oxygen atoms in total. The van der Waals surface area contributed by atoms with Crippen LogP contribution >= 0.6 is 11.3 Å². The molecule has 2 aromatic rings. The van der Waals surface area contributed by atoms with E-state index >= 15 is 0 Å². The van der Waals surface area contributed by atoms with Gasteiger partial charge in [-0.05, 0) is 34.4 Å². The summed E-state index contributed by atoms with van der Waals surface area (Å²) >= 11 is 1.90. The van der Waals surface area contributed by atoms with Gasteiger partial charge < -0.3 is 0 Å². The zero-order chi connectivity index (χ0) is 11.5. The van der Waals surface area contributed by atoms with Crippen molar-refractivity contribution < 1.29 is 0 Å². The molecule has 0 unspecified atom stereocenters. The molecule has 0 radical (unpaired) electrons. The van der Waals surface area contributed by atoms with Crippen LogP contribution in [0.3, 0.4) is 0 Å². The molecule has 84 valence electrons. The van der Waals surface area contributed by atoms with E-state index in [4.69, 9.17) is 0 Å². The molecule has 0 atom stereocenters. The van der Waals surface area contributed by atoms with Gasteiger partial charge in [0, 0.05) is 4.88 Å². The lowest BCUT2D eigenvalue weighted by Gasteiger charge is -2.09. The van der Waals surface area contributed by atoms with Crippen molar-refractivity contribution in [3.8, 4) is 11.1 Å². The van der Waals surface area contributed by atoms with E-state index in [1.807, 2.05) is 11.3 Å². The molecule has 0 N–H and O–H groups in total. The molecule has 0 aliphatic carbocycles. The Kier molecular flexibility index (Phi) is 3.45. The van der Waals surface area contributed by atoms with Crippen LogP contribution in [0.15, 0.2) is 35.7 Å².